The molecule has 0 bridgehead atoms. The van der Waals surface area contributed by atoms with E-state index in [1.165, 1.54) is 12.1 Å². The van der Waals surface area contributed by atoms with E-state index in [4.69, 9.17) is 9.47 Å². The van der Waals surface area contributed by atoms with Crippen molar-refractivity contribution < 1.29 is 18.7 Å². The van der Waals surface area contributed by atoms with Gasteiger partial charge < -0.3 is 20.1 Å². The summed E-state index contributed by atoms with van der Waals surface area (Å²) in [6, 6.07) is 6.13. The number of halogens is 1. The molecular weight excluding hydrogens is 299 g/mol. The molecular formula is C17H25FN2O3. The lowest BCUT2D eigenvalue weighted by Gasteiger charge is -2.35. The Kier molecular flexibility index (Phi) is 6.50. The third kappa shape index (κ3) is 4.50. The van der Waals surface area contributed by atoms with E-state index in [0.717, 1.165) is 31.5 Å². The van der Waals surface area contributed by atoms with Gasteiger partial charge in [0.05, 0.1) is 18.1 Å². The topological polar surface area (TPSA) is 59.6 Å². The molecule has 1 aromatic rings. The van der Waals surface area contributed by atoms with Crippen LogP contribution in [0.25, 0.3) is 0 Å². The van der Waals surface area contributed by atoms with Gasteiger partial charge in [0.25, 0.3) is 0 Å². The number of ether oxygens (including phenoxy) is 2. The van der Waals surface area contributed by atoms with E-state index in [1.54, 1.807) is 26.4 Å². The number of carbonyl (C=O) groups is 1. The van der Waals surface area contributed by atoms with Gasteiger partial charge in [0.2, 0.25) is 5.91 Å². The van der Waals surface area contributed by atoms with Gasteiger partial charge in [0, 0.05) is 20.8 Å². The van der Waals surface area contributed by atoms with Gasteiger partial charge >= 0.3 is 0 Å². The Hall–Kier alpha value is -1.50. The average Bonchev–Trinajstić information content (AvgIpc) is 2.58. The molecule has 0 saturated carbocycles. The number of hydrogen-bond donors (Lipinski definition) is 2. The molecule has 1 amide bonds. The number of hydrogen-bond acceptors (Lipinski definition) is 4. The lowest BCUT2D eigenvalue weighted by molar-refractivity contribution is -0.136. The standard InChI is InChI=1S/C17H25FN2O3/c1-22-12-17(7-9-19-10-8-17)16(21)20-11-15(23-2)13-3-5-14(18)6-4-13/h3-6,15,19H,7-12H2,1-2H3,(H,20,21). The first kappa shape index (κ1) is 17.8. The Morgan fingerprint density at radius 3 is 2.52 bits per heavy atom. The summed E-state index contributed by atoms with van der Waals surface area (Å²) in [5.41, 5.74) is 0.349. The molecule has 2 N–H and O–H groups in total. The van der Waals surface area contributed by atoms with E-state index < -0.39 is 5.41 Å². The van der Waals surface area contributed by atoms with Gasteiger partial charge in [-0.3, -0.25) is 4.79 Å². The van der Waals surface area contributed by atoms with Crippen molar-refractivity contribution >= 4 is 5.91 Å². The van der Waals surface area contributed by atoms with E-state index in [-0.39, 0.29) is 17.8 Å². The van der Waals surface area contributed by atoms with Gasteiger partial charge in [-0.2, -0.15) is 0 Å². The molecule has 6 heteroatoms. The lowest BCUT2D eigenvalue weighted by atomic mass is 9.78. The van der Waals surface area contributed by atoms with Crippen LogP contribution in [0.4, 0.5) is 4.39 Å². The van der Waals surface area contributed by atoms with E-state index in [9.17, 15) is 9.18 Å². The normalized spacial score (nSPS) is 18.4. The van der Waals surface area contributed by atoms with Crippen molar-refractivity contribution in [1.82, 2.24) is 10.6 Å². The van der Waals surface area contributed by atoms with Crippen LogP contribution in [-0.4, -0.2) is 46.4 Å². The number of rotatable bonds is 7. The molecule has 1 fully saturated rings. The molecule has 23 heavy (non-hydrogen) atoms. The predicted octanol–water partition coefficient (Wildman–Crippen LogP) is 1.65. The molecule has 0 spiro atoms. The summed E-state index contributed by atoms with van der Waals surface area (Å²) in [4.78, 5) is 12.7. The average molecular weight is 324 g/mol. The minimum atomic E-state index is -0.485. The highest BCUT2D eigenvalue weighted by atomic mass is 19.1. The SMILES string of the molecule is COCC1(C(=O)NCC(OC)c2ccc(F)cc2)CCNCC1. The Morgan fingerprint density at radius 1 is 1.30 bits per heavy atom. The number of nitrogens with one attached hydrogen (secondary N) is 2. The maximum Gasteiger partial charge on any atom is 0.228 e. The molecule has 0 radical (unpaired) electrons. The molecule has 0 aliphatic carbocycles. The van der Waals surface area contributed by atoms with Crippen LogP contribution in [-0.2, 0) is 14.3 Å². The molecule has 1 atom stereocenters. The monoisotopic (exact) mass is 324 g/mol. The number of benzene rings is 1. The van der Waals surface area contributed by atoms with Crippen molar-refractivity contribution in [2.24, 2.45) is 5.41 Å². The van der Waals surface area contributed by atoms with Crippen molar-refractivity contribution in [2.75, 3.05) is 40.5 Å². The summed E-state index contributed by atoms with van der Waals surface area (Å²) in [7, 11) is 3.20. The second kappa shape index (κ2) is 8.38. The van der Waals surface area contributed by atoms with E-state index in [1.807, 2.05) is 0 Å². The maximum absolute atomic E-state index is 13.0. The van der Waals surface area contributed by atoms with E-state index in [2.05, 4.69) is 10.6 Å². The highest BCUT2D eigenvalue weighted by Crippen LogP contribution is 2.29. The van der Waals surface area contributed by atoms with Crippen LogP contribution in [0.5, 0.6) is 0 Å². The van der Waals surface area contributed by atoms with Gasteiger partial charge in [-0.05, 0) is 43.6 Å². The molecule has 5 nitrogen and oxygen atoms in total. The van der Waals surface area contributed by atoms with Gasteiger partial charge in [-0.25, -0.2) is 4.39 Å². The first-order chi connectivity index (χ1) is 11.1. The van der Waals surface area contributed by atoms with Crippen molar-refractivity contribution in [1.29, 1.82) is 0 Å². The van der Waals surface area contributed by atoms with Gasteiger partial charge in [0.15, 0.2) is 0 Å². The molecule has 1 aliphatic heterocycles. The number of piperidine rings is 1. The van der Waals surface area contributed by atoms with Crippen LogP contribution < -0.4 is 10.6 Å². The lowest BCUT2D eigenvalue weighted by Crippen LogP contribution is -2.50. The Morgan fingerprint density at radius 2 is 1.96 bits per heavy atom. The highest BCUT2D eigenvalue weighted by molar-refractivity contribution is 5.83. The molecule has 1 unspecified atom stereocenters. The first-order valence-corrected chi connectivity index (χ1v) is 7.87. The molecule has 0 aromatic heterocycles. The molecule has 1 saturated heterocycles. The van der Waals surface area contributed by atoms with Crippen LogP contribution in [0.2, 0.25) is 0 Å². The number of carbonyl (C=O) groups excluding carboxylic acids is 1. The van der Waals surface area contributed by atoms with Crippen LogP contribution in [0.3, 0.4) is 0 Å². The number of amides is 1. The second-order valence-corrected chi connectivity index (χ2v) is 5.95. The zero-order valence-corrected chi connectivity index (χ0v) is 13.7. The Bertz CT molecular complexity index is 496. The van der Waals surface area contributed by atoms with Crippen LogP contribution in [0.1, 0.15) is 24.5 Å². The summed E-state index contributed by atoms with van der Waals surface area (Å²) in [6.07, 6.45) is 1.20. The molecule has 1 heterocycles. The molecule has 1 aromatic carbocycles. The zero-order valence-electron chi connectivity index (χ0n) is 13.7. The Labute approximate surface area is 136 Å². The summed E-state index contributed by atoms with van der Waals surface area (Å²) in [5.74, 6) is -0.300. The maximum atomic E-state index is 13.0. The van der Waals surface area contributed by atoms with Crippen molar-refractivity contribution in [3.05, 3.63) is 35.6 Å². The second-order valence-electron chi connectivity index (χ2n) is 5.95. The third-order valence-electron chi connectivity index (χ3n) is 4.44. The highest BCUT2D eigenvalue weighted by Gasteiger charge is 2.39. The fourth-order valence-electron chi connectivity index (χ4n) is 3.01. The summed E-state index contributed by atoms with van der Waals surface area (Å²) in [6.45, 7) is 2.37. The minimum Gasteiger partial charge on any atom is -0.384 e. The van der Waals surface area contributed by atoms with Gasteiger partial charge in [-0.15, -0.1) is 0 Å². The molecule has 128 valence electrons. The first-order valence-electron chi connectivity index (χ1n) is 7.87. The minimum absolute atomic E-state index is 0.00925. The number of methoxy groups -OCH3 is 2. The fraction of sp³-hybridized carbons (Fsp3) is 0.588. The molecule has 1 aliphatic rings. The van der Waals surface area contributed by atoms with Crippen molar-refractivity contribution in [2.45, 2.75) is 18.9 Å². The smallest absolute Gasteiger partial charge is 0.228 e. The van der Waals surface area contributed by atoms with Crippen molar-refractivity contribution in [3.8, 4) is 0 Å². The predicted molar refractivity (Wildman–Crippen MR) is 85.6 cm³/mol. The van der Waals surface area contributed by atoms with Gasteiger partial charge in [0.1, 0.15) is 5.82 Å². The van der Waals surface area contributed by atoms with Crippen LogP contribution >= 0.6 is 0 Å². The van der Waals surface area contributed by atoms with Crippen LogP contribution in [0.15, 0.2) is 24.3 Å². The summed E-state index contributed by atoms with van der Waals surface area (Å²) in [5, 5.41) is 6.24. The summed E-state index contributed by atoms with van der Waals surface area (Å²) < 4.78 is 23.7. The third-order valence-corrected chi connectivity index (χ3v) is 4.44. The van der Waals surface area contributed by atoms with E-state index in [0.29, 0.717) is 13.2 Å². The zero-order chi connectivity index (χ0) is 16.7. The van der Waals surface area contributed by atoms with E-state index >= 15 is 0 Å². The van der Waals surface area contributed by atoms with Gasteiger partial charge in [-0.1, -0.05) is 12.1 Å². The van der Waals surface area contributed by atoms with Crippen LogP contribution in [0, 0.1) is 11.2 Å². The van der Waals surface area contributed by atoms with Crippen molar-refractivity contribution in [3.63, 3.8) is 0 Å². The fourth-order valence-corrected chi connectivity index (χ4v) is 3.01. The Balaban J connectivity index is 1.99. The molecule has 2 rings (SSSR count). The largest absolute Gasteiger partial charge is 0.384 e. The quantitative estimate of drug-likeness (QED) is 0.801. The summed E-state index contributed by atoms with van der Waals surface area (Å²) >= 11 is 0.